The number of methoxy groups -OCH3 is 1. The van der Waals surface area contributed by atoms with Gasteiger partial charge in [0.15, 0.2) is 0 Å². The Morgan fingerprint density at radius 2 is 1.90 bits per heavy atom. The van der Waals surface area contributed by atoms with Crippen molar-refractivity contribution in [2.45, 2.75) is 31.7 Å². The molecular weight excluding hydrogens is 268 g/mol. The zero-order valence-electron chi connectivity index (χ0n) is 12.0. The molecule has 2 rings (SSSR count). The number of amides is 1. The Labute approximate surface area is 124 Å². The van der Waals surface area contributed by atoms with Crippen molar-refractivity contribution in [2.24, 2.45) is 0 Å². The Morgan fingerprint density at radius 3 is 2.43 bits per heavy atom. The molecule has 21 heavy (non-hydrogen) atoms. The van der Waals surface area contributed by atoms with Crippen molar-refractivity contribution < 1.29 is 14.3 Å². The lowest BCUT2D eigenvalue weighted by atomic mass is 10.1. The fourth-order valence-corrected chi connectivity index (χ4v) is 2.64. The van der Waals surface area contributed by atoms with Gasteiger partial charge in [-0.15, -0.1) is 0 Å². The predicted octanol–water partition coefficient (Wildman–Crippen LogP) is 2.12. The second kappa shape index (κ2) is 6.89. The van der Waals surface area contributed by atoms with E-state index in [9.17, 15) is 9.59 Å². The fraction of sp³-hybridized carbons (Fsp3) is 0.438. The van der Waals surface area contributed by atoms with Gasteiger partial charge in [-0.2, -0.15) is 5.26 Å². The van der Waals surface area contributed by atoms with Crippen LogP contribution >= 0.6 is 0 Å². The van der Waals surface area contributed by atoms with Crippen molar-refractivity contribution in [3.8, 4) is 6.07 Å². The normalized spacial score (nSPS) is 14.5. The first-order valence-electron chi connectivity index (χ1n) is 7.03. The molecule has 0 N–H and O–H groups in total. The molecule has 0 atom stereocenters. The second-order valence-corrected chi connectivity index (χ2v) is 5.14. The molecule has 1 fully saturated rings. The topological polar surface area (TPSA) is 70.4 Å². The van der Waals surface area contributed by atoms with Crippen molar-refractivity contribution in [3.63, 3.8) is 0 Å². The Balaban J connectivity index is 2.19. The molecule has 1 aromatic carbocycles. The molecule has 0 radical (unpaired) electrons. The van der Waals surface area contributed by atoms with Crippen LogP contribution in [0.5, 0.6) is 0 Å². The summed E-state index contributed by atoms with van der Waals surface area (Å²) >= 11 is 0. The number of ether oxygens (including phenoxy) is 1. The molecule has 0 heterocycles. The molecule has 0 unspecified atom stereocenters. The van der Waals surface area contributed by atoms with E-state index in [-0.39, 0.29) is 18.5 Å². The maximum absolute atomic E-state index is 12.6. The molecular formula is C16H18N2O3. The highest BCUT2D eigenvalue weighted by molar-refractivity contribution is 5.96. The van der Waals surface area contributed by atoms with E-state index in [1.165, 1.54) is 7.11 Å². The molecule has 1 aromatic rings. The molecule has 1 aliphatic carbocycles. The van der Waals surface area contributed by atoms with Gasteiger partial charge in [-0.05, 0) is 37.1 Å². The lowest BCUT2D eigenvalue weighted by molar-refractivity contribution is -0.141. The minimum atomic E-state index is -0.413. The van der Waals surface area contributed by atoms with E-state index in [0.29, 0.717) is 11.1 Å². The number of carbonyl (C=O) groups is 2. The monoisotopic (exact) mass is 286 g/mol. The SMILES string of the molecule is COC(=O)CN(C(=O)c1ccc(C#N)cc1)C1CCCC1. The summed E-state index contributed by atoms with van der Waals surface area (Å²) in [5.41, 5.74) is 0.997. The minimum Gasteiger partial charge on any atom is -0.468 e. The number of nitriles is 1. The Hall–Kier alpha value is -2.35. The van der Waals surface area contributed by atoms with Gasteiger partial charge in [-0.3, -0.25) is 9.59 Å². The number of benzene rings is 1. The summed E-state index contributed by atoms with van der Waals surface area (Å²) < 4.78 is 4.69. The molecule has 5 heteroatoms. The highest BCUT2D eigenvalue weighted by atomic mass is 16.5. The Bertz CT molecular complexity index is 554. The highest BCUT2D eigenvalue weighted by Crippen LogP contribution is 2.25. The number of hydrogen-bond donors (Lipinski definition) is 0. The maximum atomic E-state index is 12.6. The lowest BCUT2D eigenvalue weighted by Crippen LogP contribution is -2.42. The molecule has 1 amide bonds. The standard InChI is InChI=1S/C16H18N2O3/c1-21-15(19)11-18(14-4-2-3-5-14)16(20)13-8-6-12(10-17)7-9-13/h6-9,14H,2-5,11H2,1H3. The van der Waals surface area contributed by atoms with Crippen LogP contribution in [0.15, 0.2) is 24.3 Å². The van der Waals surface area contributed by atoms with Crippen molar-refractivity contribution in [1.82, 2.24) is 4.90 Å². The molecule has 1 saturated carbocycles. The number of carbonyl (C=O) groups excluding carboxylic acids is 2. The van der Waals surface area contributed by atoms with Gasteiger partial charge in [0.2, 0.25) is 0 Å². The highest BCUT2D eigenvalue weighted by Gasteiger charge is 2.29. The molecule has 0 aliphatic heterocycles. The van der Waals surface area contributed by atoms with Crippen LogP contribution in [0.3, 0.4) is 0 Å². The van der Waals surface area contributed by atoms with E-state index in [1.807, 2.05) is 6.07 Å². The summed E-state index contributed by atoms with van der Waals surface area (Å²) in [6, 6.07) is 8.58. The van der Waals surface area contributed by atoms with Gasteiger partial charge in [0, 0.05) is 11.6 Å². The molecule has 0 bridgehead atoms. The van der Waals surface area contributed by atoms with E-state index in [2.05, 4.69) is 4.74 Å². The average Bonchev–Trinajstić information content (AvgIpc) is 3.06. The summed E-state index contributed by atoms with van der Waals surface area (Å²) in [4.78, 5) is 25.8. The minimum absolute atomic E-state index is 0.0278. The summed E-state index contributed by atoms with van der Waals surface area (Å²) in [5, 5.41) is 8.79. The van der Waals surface area contributed by atoms with Gasteiger partial charge < -0.3 is 9.64 Å². The van der Waals surface area contributed by atoms with Crippen LogP contribution in [-0.2, 0) is 9.53 Å². The van der Waals surface area contributed by atoms with Gasteiger partial charge in [-0.1, -0.05) is 12.8 Å². The van der Waals surface area contributed by atoms with Crippen LogP contribution in [0.1, 0.15) is 41.6 Å². The van der Waals surface area contributed by atoms with Crippen molar-refractivity contribution in [1.29, 1.82) is 5.26 Å². The van der Waals surface area contributed by atoms with Gasteiger partial charge >= 0.3 is 5.97 Å². The van der Waals surface area contributed by atoms with Gasteiger partial charge in [0.25, 0.3) is 5.91 Å². The molecule has 110 valence electrons. The van der Waals surface area contributed by atoms with E-state index in [4.69, 9.17) is 5.26 Å². The summed E-state index contributed by atoms with van der Waals surface area (Å²) in [6.45, 7) is -0.0278. The smallest absolute Gasteiger partial charge is 0.325 e. The van der Waals surface area contributed by atoms with E-state index < -0.39 is 5.97 Å². The third-order valence-electron chi connectivity index (χ3n) is 3.81. The Kier molecular flexibility index (Phi) is 4.94. The molecule has 0 aromatic heterocycles. The molecule has 1 aliphatic rings. The first-order valence-corrected chi connectivity index (χ1v) is 7.03. The van der Waals surface area contributed by atoms with E-state index in [0.717, 1.165) is 25.7 Å². The van der Waals surface area contributed by atoms with E-state index >= 15 is 0 Å². The van der Waals surface area contributed by atoms with Crippen LogP contribution in [0.4, 0.5) is 0 Å². The molecule has 0 saturated heterocycles. The van der Waals surface area contributed by atoms with Crippen LogP contribution < -0.4 is 0 Å². The largest absolute Gasteiger partial charge is 0.468 e. The average molecular weight is 286 g/mol. The molecule has 5 nitrogen and oxygen atoms in total. The zero-order valence-corrected chi connectivity index (χ0v) is 12.0. The number of nitrogens with zero attached hydrogens (tertiary/aromatic N) is 2. The maximum Gasteiger partial charge on any atom is 0.325 e. The number of rotatable bonds is 4. The van der Waals surface area contributed by atoms with Crippen molar-refractivity contribution >= 4 is 11.9 Å². The predicted molar refractivity (Wildman–Crippen MR) is 76.5 cm³/mol. The van der Waals surface area contributed by atoms with Crippen LogP contribution in [0, 0.1) is 11.3 Å². The van der Waals surface area contributed by atoms with Crippen molar-refractivity contribution in [2.75, 3.05) is 13.7 Å². The van der Waals surface area contributed by atoms with Crippen LogP contribution in [0.25, 0.3) is 0 Å². The summed E-state index contributed by atoms with van der Waals surface area (Å²) in [7, 11) is 1.32. The van der Waals surface area contributed by atoms with Gasteiger partial charge in [0.05, 0.1) is 18.7 Å². The molecule has 0 spiro atoms. The van der Waals surface area contributed by atoms with Gasteiger partial charge in [-0.25, -0.2) is 0 Å². The lowest BCUT2D eigenvalue weighted by Gasteiger charge is -2.28. The summed E-state index contributed by atoms with van der Waals surface area (Å²) in [6.07, 6.45) is 3.98. The van der Waals surface area contributed by atoms with Crippen molar-refractivity contribution in [3.05, 3.63) is 35.4 Å². The quantitative estimate of drug-likeness (QED) is 0.795. The number of hydrogen-bond acceptors (Lipinski definition) is 4. The van der Waals surface area contributed by atoms with Gasteiger partial charge in [0.1, 0.15) is 6.54 Å². The van der Waals surface area contributed by atoms with Crippen LogP contribution in [-0.4, -0.2) is 36.5 Å². The second-order valence-electron chi connectivity index (χ2n) is 5.14. The third kappa shape index (κ3) is 3.60. The first-order chi connectivity index (χ1) is 10.2. The number of esters is 1. The Morgan fingerprint density at radius 1 is 1.29 bits per heavy atom. The van der Waals surface area contributed by atoms with E-state index in [1.54, 1.807) is 29.2 Å². The first kappa shape index (κ1) is 15.0. The third-order valence-corrected chi connectivity index (χ3v) is 3.81. The zero-order chi connectivity index (χ0) is 15.2. The summed E-state index contributed by atoms with van der Waals surface area (Å²) in [5.74, 6) is -0.597. The van der Waals surface area contributed by atoms with Crippen LogP contribution in [0.2, 0.25) is 0 Å². The fourth-order valence-electron chi connectivity index (χ4n) is 2.64.